The number of amides is 1. The molecule has 32 heavy (non-hydrogen) atoms. The van der Waals surface area contributed by atoms with E-state index in [1.807, 2.05) is 19.1 Å². The zero-order valence-electron chi connectivity index (χ0n) is 16.9. The van der Waals surface area contributed by atoms with Crippen molar-refractivity contribution in [2.45, 2.75) is 6.92 Å². The van der Waals surface area contributed by atoms with Crippen LogP contribution in [0.15, 0.2) is 48.8 Å². The molecule has 0 fully saturated rings. The quantitative estimate of drug-likeness (QED) is 0.151. The first kappa shape index (κ1) is 24.5. The lowest BCUT2D eigenvalue weighted by Crippen LogP contribution is -2.16. The molecule has 0 aliphatic carbocycles. The number of methoxy groups -OCH3 is 1. The van der Waals surface area contributed by atoms with Gasteiger partial charge in [0, 0.05) is 9.86 Å². The summed E-state index contributed by atoms with van der Waals surface area (Å²) < 4.78 is 23.7. The Hall–Kier alpha value is -2.12. The van der Waals surface area contributed by atoms with Gasteiger partial charge in [0.25, 0.3) is 0 Å². The number of carbonyl (C=O) groups excluding carboxylic acids is 2. The van der Waals surface area contributed by atoms with Crippen molar-refractivity contribution in [2.75, 3.05) is 20.3 Å². The van der Waals surface area contributed by atoms with Crippen molar-refractivity contribution in [2.24, 2.45) is 5.10 Å². The van der Waals surface area contributed by atoms with Gasteiger partial charge in [-0.3, -0.25) is 4.79 Å². The maximum Gasteiger partial charge on any atom is 0.343 e. The van der Waals surface area contributed by atoms with Crippen LogP contribution in [-0.2, 0) is 9.53 Å². The van der Waals surface area contributed by atoms with Gasteiger partial charge in [-0.2, -0.15) is 5.10 Å². The number of carbonyl (C=O) groups is 2. The Bertz CT molecular complexity index is 1190. The lowest BCUT2D eigenvalue weighted by Gasteiger charge is -2.13. The van der Waals surface area contributed by atoms with Crippen molar-refractivity contribution in [3.05, 3.63) is 54.2 Å². The highest BCUT2D eigenvalue weighted by molar-refractivity contribution is 14.1. The molecule has 0 unspecified atom stereocenters. The summed E-state index contributed by atoms with van der Waals surface area (Å²) in [5.41, 5.74) is 3.72. The molecule has 168 valence electrons. The van der Waals surface area contributed by atoms with Crippen LogP contribution in [0, 0.1) is 3.57 Å². The molecule has 3 aromatic rings. The van der Waals surface area contributed by atoms with E-state index < -0.39 is 11.9 Å². The summed E-state index contributed by atoms with van der Waals surface area (Å²) >= 11 is 8.98. The number of hydrazone groups is 1. The number of ether oxygens (including phenoxy) is 3. The van der Waals surface area contributed by atoms with Gasteiger partial charge in [0.1, 0.15) is 5.58 Å². The van der Waals surface area contributed by atoms with E-state index in [2.05, 4.69) is 69.7 Å². The van der Waals surface area contributed by atoms with Crippen molar-refractivity contribution in [1.82, 2.24) is 5.43 Å². The molecule has 3 rings (SSSR count). The van der Waals surface area contributed by atoms with Crippen molar-refractivity contribution in [3.8, 4) is 11.5 Å². The molecule has 11 heteroatoms. The number of benzene rings is 2. The third-order valence-electron chi connectivity index (χ3n) is 4.03. The Morgan fingerprint density at radius 2 is 1.97 bits per heavy atom. The number of nitrogens with one attached hydrogen (secondary N) is 1. The normalized spacial score (nSPS) is 11.0. The number of hydrogen-bond donors (Lipinski definition) is 1. The maximum absolute atomic E-state index is 12.4. The lowest BCUT2D eigenvalue weighted by molar-refractivity contribution is -0.142. The van der Waals surface area contributed by atoms with Crippen molar-refractivity contribution >= 4 is 83.5 Å². The average Bonchev–Trinajstić information content (AvgIpc) is 3.17. The fraction of sp³-hybridized carbons (Fsp3) is 0.190. The number of fused-ring (bicyclic) bond motifs is 1. The van der Waals surface area contributed by atoms with Gasteiger partial charge in [0.2, 0.25) is 0 Å². The summed E-state index contributed by atoms with van der Waals surface area (Å²) in [6, 6.07) is 8.82. The van der Waals surface area contributed by atoms with Gasteiger partial charge in [0.15, 0.2) is 23.9 Å². The summed E-state index contributed by atoms with van der Waals surface area (Å²) in [5.74, 6) is -0.0693. The van der Waals surface area contributed by atoms with E-state index in [1.165, 1.54) is 13.3 Å². The fourth-order valence-corrected chi connectivity index (χ4v) is 4.90. The zero-order valence-corrected chi connectivity index (χ0v) is 22.2. The van der Waals surface area contributed by atoms with Crippen LogP contribution >= 0.6 is 54.5 Å². The van der Waals surface area contributed by atoms with Gasteiger partial charge in [-0.25, -0.2) is 10.2 Å². The predicted molar refractivity (Wildman–Crippen MR) is 135 cm³/mol. The fourth-order valence-electron chi connectivity index (χ4n) is 2.66. The van der Waals surface area contributed by atoms with Gasteiger partial charge < -0.3 is 18.6 Å². The molecule has 0 atom stereocenters. The van der Waals surface area contributed by atoms with E-state index in [-0.39, 0.29) is 12.4 Å². The van der Waals surface area contributed by atoms with Crippen molar-refractivity contribution in [1.29, 1.82) is 0 Å². The van der Waals surface area contributed by atoms with Crippen molar-refractivity contribution < 1.29 is 28.2 Å². The topological polar surface area (TPSA) is 99.4 Å². The second-order valence-electron chi connectivity index (χ2n) is 6.24. The second-order valence-corrected chi connectivity index (χ2v) is 9.18. The van der Waals surface area contributed by atoms with E-state index in [0.717, 1.165) is 13.4 Å². The Kier molecular flexibility index (Phi) is 8.54. The van der Waals surface area contributed by atoms with Crippen LogP contribution in [0.1, 0.15) is 23.0 Å². The van der Waals surface area contributed by atoms with Crippen LogP contribution in [0.5, 0.6) is 11.5 Å². The highest BCUT2D eigenvalue weighted by Gasteiger charge is 2.15. The molecule has 0 spiro atoms. The molecular weight excluding hydrogens is 663 g/mol. The first-order chi connectivity index (χ1) is 15.3. The molecule has 1 aromatic heterocycles. The third kappa shape index (κ3) is 6.01. The highest BCUT2D eigenvalue weighted by atomic mass is 127. The molecule has 0 saturated heterocycles. The first-order valence-electron chi connectivity index (χ1n) is 9.20. The Labute approximate surface area is 214 Å². The smallest absolute Gasteiger partial charge is 0.343 e. The molecule has 1 N–H and O–H groups in total. The van der Waals surface area contributed by atoms with Gasteiger partial charge >= 0.3 is 11.9 Å². The van der Waals surface area contributed by atoms with E-state index in [9.17, 15) is 9.59 Å². The summed E-state index contributed by atoms with van der Waals surface area (Å²) in [7, 11) is 1.28. The number of hydrogen-bond acceptors (Lipinski definition) is 7. The molecule has 8 nitrogen and oxygen atoms in total. The third-order valence-corrected chi connectivity index (χ3v) is 5.88. The van der Waals surface area contributed by atoms with Crippen molar-refractivity contribution in [3.63, 3.8) is 0 Å². The van der Waals surface area contributed by atoms with E-state index in [0.29, 0.717) is 33.7 Å². The van der Waals surface area contributed by atoms with Gasteiger partial charge in [-0.15, -0.1) is 0 Å². The van der Waals surface area contributed by atoms with E-state index in [1.54, 1.807) is 18.2 Å². The van der Waals surface area contributed by atoms with Crippen LogP contribution in [0.4, 0.5) is 0 Å². The van der Waals surface area contributed by atoms with Gasteiger partial charge in [-0.1, -0.05) is 15.9 Å². The van der Waals surface area contributed by atoms with E-state index in [4.69, 9.17) is 13.9 Å². The first-order valence-corrected chi connectivity index (χ1v) is 11.9. The van der Waals surface area contributed by atoms with Gasteiger partial charge in [0.05, 0.1) is 28.0 Å². The molecule has 1 amide bonds. The molecular formula is C21H17Br2IN2O6. The number of rotatable bonds is 8. The summed E-state index contributed by atoms with van der Waals surface area (Å²) in [4.78, 5) is 23.8. The Balaban J connectivity index is 1.75. The molecule has 1 heterocycles. The molecule has 2 aromatic carbocycles. The van der Waals surface area contributed by atoms with Crippen LogP contribution in [0.25, 0.3) is 11.0 Å². The summed E-state index contributed by atoms with van der Waals surface area (Å²) in [6.07, 6.45) is 1.46. The SMILES string of the molecule is CCOc1cc(/C=N\NC(=O)c2cc3cc(Br)cc(I)c3o2)cc(Br)c1OCC(=O)OC. The largest absolute Gasteiger partial charge is 0.490 e. The highest BCUT2D eigenvalue weighted by Crippen LogP contribution is 2.36. The summed E-state index contributed by atoms with van der Waals surface area (Å²) in [5, 5.41) is 4.81. The van der Waals surface area contributed by atoms with Crippen LogP contribution in [0.2, 0.25) is 0 Å². The number of furan rings is 1. The number of halogens is 3. The van der Waals surface area contributed by atoms with Crippen LogP contribution < -0.4 is 14.9 Å². The molecule has 0 aliphatic heterocycles. The Morgan fingerprint density at radius 3 is 2.69 bits per heavy atom. The minimum Gasteiger partial charge on any atom is -0.490 e. The monoisotopic (exact) mass is 678 g/mol. The second kappa shape index (κ2) is 11.1. The summed E-state index contributed by atoms with van der Waals surface area (Å²) in [6.45, 7) is 1.96. The minimum absolute atomic E-state index is 0.149. The van der Waals surface area contributed by atoms with Gasteiger partial charge in [-0.05, 0) is 81.3 Å². The molecule has 0 bridgehead atoms. The maximum atomic E-state index is 12.4. The number of esters is 1. The molecule has 0 saturated carbocycles. The van der Waals surface area contributed by atoms with E-state index >= 15 is 0 Å². The number of nitrogens with zero attached hydrogens (tertiary/aromatic N) is 1. The minimum atomic E-state index is -0.514. The zero-order chi connectivity index (χ0) is 23.3. The molecule has 0 radical (unpaired) electrons. The standard InChI is InChI=1S/C21H17Br2IN2O6/c1-3-30-16-5-11(4-14(23)20(16)31-10-18(27)29-2)9-25-26-21(28)17-7-12-6-13(22)8-15(24)19(12)32-17/h4-9H,3,10H2,1-2H3,(H,26,28)/b25-9-. The predicted octanol–water partition coefficient (Wildman–Crippen LogP) is 5.28. The van der Waals surface area contributed by atoms with Crippen LogP contribution in [0.3, 0.4) is 0 Å². The average molecular weight is 680 g/mol. The Morgan fingerprint density at radius 1 is 1.19 bits per heavy atom. The lowest BCUT2D eigenvalue weighted by atomic mass is 10.2. The van der Waals surface area contributed by atoms with Crippen LogP contribution in [-0.4, -0.2) is 38.4 Å². The molecule has 0 aliphatic rings.